The quantitative estimate of drug-likeness (QED) is 0.863. The number of likely N-dealkylation sites (tertiary alicyclic amines) is 1. The van der Waals surface area contributed by atoms with Crippen molar-refractivity contribution in [1.82, 2.24) is 14.5 Å². The van der Waals surface area contributed by atoms with Crippen molar-refractivity contribution in [3.63, 3.8) is 0 Å². The minimum atomic E-state index is -0.0120. The molecule has 0 aromatic carbocycles. The maximum atomic E-state index is 11.7. The number of anilines is 1. The van der Waals surface area contributed by atoms with Crippen LogP contribution in [-0.2, 0) is 7.05 Å². The van der Waals surface area contributed by atoms with Gasteiger partial charge in [-0.2, -0.15) is 0 Å². The Bertz CT molecular complexity index is 537. The number of piperidine rings is 1. The third-order valence-electron chi connectivity index (χ3n) is 4.85. The van der Waals surface area contributed by atoms with Crippen LogP contribution in [0.4, 0.5) is 5.82 Å². The molecule has 3 heterocycles. The first-order chi connectivity index (χ1) is 10.2. The summed E-state index contributed by atoms with van der Waals surface area (Å²) in [5.74, 6) is 0.789. The van der Waals surface area contributed by atoms with E-state index in [2.05, 4.69) is 14.8 Å². The first kappa shape index (κ1) is 14.5. The SMILES string of the molecule is Cn1cnc(N2CCC(N3CCCC3CO)CC2)cc1=O. The molecule has 2 saturated heterocycles. The highest BCUT2D eigenvalue weighted by molar-refractivity contribution is 5.37. The number of aryl methyl sites for hydroxylation is 1. The number of nitrogens with zero attached hydrogens (tertiary/aromatic N) is 4. The monoisotopic (exact) mass is 292 g/mol. The molecule has 21 heavy (non-hydrogen) atoms. The van der Waals surface area contributed by atoms with E-state index in [-0.39, 0.29) is 12.2 Å². The average Bonchev–Trinajstić information content (AvgIpc) is 2.99. The Balaban J connectivity index is 1.62. The Morgan fingerprint density at radius 2 is 2.05 bits per heavy atom. The van der Waals surface area contributed by atoms with Crippen LogP contribution >= 0.6 is 0 Å². The van der Waals surface area contributed by atoms with E-state index >= 15 is 0 Å². The van der Waals surface area contributed by atoms with Crippen LogP contribution in [0.2, 0.25) is 0 Å². The highest BCUT2D eigenvalue weighted by Crippen LogP contribution is 2.26. The van der Waals surface area contributed by atoms with Crippen LogP contribution in [0.3, 0.4) is 0 Å². The van der Waals surface area contributed by atoms with Gasteiger partial charge in [-0.1, -0.05) is 0 Å². The summed E-state index contributed by atoms with van der Waals surface area (Å²) in [7, 11) is 1.72. The Morgan fingerprint density at radius 1 is 1.29 bits per heavy atom. The van der Waals surface area contributed by atoms with Gasteiger partial charge < -0.3 is 14.6 Å². The van der Waals surface area contributed by atoms with Gasteiger partial charge in [-0.15, -0.1) is 0 Å². The molecule has 0 radical (unpaired) electrons. The molecule has 0 bridgehead atoms. The highest BCUT2D eigenvalue weighted by Gasteiger charge is 2.32. The molecule has 2 aliphatic heterocycles. The lowest BCUT2D eigenvalue weighted by Gasteiger charge is -2.39. The zero-order chi connectivity index (χ0) is 14.8. The Labute approximate surface area is 125 Å². The normalized spacial score (nSPS) is 24.7. The molecule has 6 heteroatoms. The van der Waals surface area contributed by atoms with Crippen LogP contribution < -0.4 is 10.5 Å². The summed E-state index contributed by atoms with van der Waals surface area (Å²) >= 11 is 0. The first-order valence-electron chi connectivity index (χ1n) is 7.83. The predicted octanol–water partition coefficient (Wildman–Crippen LogP) is 0.206. The van der Waals surface area contributed by atoms with Crippen LogP contribution in [0.25, 0.3) is 0 Å². The number of hydrogen-bond acceptors (Lipinski definition) is 5. The van der Waals surface area contributed by atoms with Crippen molar-refractivity contribution in [2.75, 3.05) is 31.1 Å². The first-order valence-corrected chi connectivity index (χ1v) is 7.83. The van der Waals surface area contributed by atoms with Gasteiger partial charge in [-0.25, -0.2) is 4.98 Å². The number of aromatic nitrogens is 2. The van der Waals surface area contributed by atoms with E-state index in [1.54, 1.807) is 19.4 Å². The molecule has 0 aliphatic carbocycles. The van der Waals surface area contributed by atoms with Gasteiger partial charge in [0.05, 0.1) is 12.9 Å². The standard InChI is InChI=1S/C15H24N4O2/c1-17-11-16-14(9-15(17)21)18-7-4-12(5-8-18)19-6-2-3-13(19)10-20/h9,11-13,20H,2-8,10H2,1H3. The molecule has 0 spiro atoms. The molecule has 3 rings (SSSR count). The fourth-order valence-electron chi connectivity index (χ4n) is 3.59. The van der Waals surface area contributed by atoms with Crippen molar-refractivity contribution in [2.24, 2.45) is 7.05 Å². The van der Waals surface area contributed by atoms with Crippen LogP contribution in [-0.4, -0.2) is 57.9 Å². The lowest BCUT2D eigenvalue weighted by atomic mass is 10.0. The van der Waals surface area contributed by atoms with Gasteiger partial charge >= 0.3 is 0 Å². The van der Waals surface area contributed by atoms with Crippen molar-refractivity contribution in [2.45, 2.75) is 37.8 Å². The molecule has 1 N–H and O–H groups in total. The number of aliphatic hydroxyl groups excluding tert-OH is 1. The largest absolute Gasteiger partial charge is 0.395 e. The molecule has 0 amide bonds. The maximum Gasteiger partial charge on any atom is 0.255 e. The van der Waals surface area contributed by atoms with Crippen LogP contribution in [0.5, 0.6) is 0 Å². The molecule has 2 aliphatic rings. The van der Waals surface area contributed by atoms with Crippen molar-refractivity contribution >= 4 is 5.82 Å². The number of rotatable bonds is 3. The molecule has 116 valence electrons. The van der Waals surface area contributed by atoms with Gasteiger partial charge in [0, 0.05) is 38.3 Å². The van der Waals surface area contributed by atoms with Gasteiger partial charge in [-0.05, 0) is 32.2 Å². The summed E-state index contributed by atoms with van der Waals surface area (Å²) in [4.78, 5) is 20.7. The van der Waals surface area contributed by atoms with Crippen LogP contribution in [0, 0.1) is 0 Å². The van der Waals surface area contributed by atoms with Gasteiger partial charge in [-0.3, -0.25) is 9.69 Å². The van der Waals surface area contributed by atoms with Crippen LogP contribution in [0.15, 0.2) is 17.2 Å². The lowest BCUT2D eigenvalue weighted by molar-refractivity contribution is 0.105. The smallest absolute Gasteiger partial charge is 0.255 e. The Hall–Kier alpha value is -1.40. The summed E-state index contributed by atoms with van der Waals surface area (Å²) in [6, 6.07) is 2.53. The second-order valence-corrected chi connectivity index (χ2v) is 6.13. The van der Waals surface area contributed by atoms with E-state index in [1.807, 2.05) is 0 Å². The molecular formula is C15H24N4O2. The van der Waals surface area contributed by atoms with Crippen molar-refractivity contribution in [3.05, 3.63) is 22.7 Å². The molecule has 1 aromatic rings. The zero-order valence-electron chi connectivity index (χ0n) is 12.6. The summed E-state index contributed by atoms with van der Waals surface area (Å²) in [6.45, 7) is 3.25. The second-order valence-electron chi connectivity index (χ2n) is 6.13. The van der Waals surface area contributed by atoms with Crippen LogP contribution in [0.1, 0.15) is 25.7 Å². The average molecular weight is 292 g/mol. The molecule has 6 nitrogen and oxygen atoms in total. The summed E-state index contributed by atoms with van der Waals surface area (Å²) in [6.07, 6.45) is 6.06. The fourth-order valence-corrected chi connectivity index (χ4v) is 3.59. The Morgan fingerprint density at radius 3 is 2.71 bits per heavy atom. The number of hydrogen-bond donors (Lipinski definition) is 1. The fraction of sp³-hybridized carbons (Fsp3) is 0.733. The van der Waals surface area contributed by atoms with E-state index in [0.29, 0.717) is 12.1 Å². The van der Waals surface area contributed by atoms with Gasteiger partial charge in [0.1, 0.15) is 5.82 Å². The zero-order valence-corrected chi connectivity index (χ0v) is 12.6. The summed E-state index contributed by atoms with van der Waals surface area (Å²) < 4.78 is 1.49. The predicted molar refractivity (Wildman–Crippen MR) is 81.5 cm³/mol. The van der Waals surface area contributed by atoms with Crippen molar-refractivity contribution in [3.8, 4) is 0 Å². The second kappa shape index (κ2) is 6.15. The van der Waals surface area contributed by atoms with E-state index in [9.17, 15) is 9.90 Å². The van der Waals surface area contributed by atoms with Gasteiger partial charge in [0.2, 0.25) is 0 Å². The minimum Gasteiger partial charge on any atom is -0.395 e. The summed E-state index contributed by atoms with van der Waals surface area (Å²) in [5, 5.41) is 9.45. The van der Waals surface area contributed by atoms with E-state index in [0.717, 1.165) is 44.7 Å². The summed E-state index contributed by atoms with van der Waals surface area (Å²) in [5.41, 5.74) is -0.0120. The molecule has 2 fully saturated rings. The molecular weight excluding hydrogens is 268 g/mol. The minimum absolute atomic E-state index is 0.0120. The maximum absolute atomic E-state index is 11.7. The molecule has 1 atom stereocenters. The van der Waals surface area contributed by atoms with Crippen molar-refractivity contribution in [1.29, 1.82) is 0 Å². The van der Waals surface area contributed by atoms with Gasteiger partial charge in [0.25, 0.3) is 5.56 Å². The molecule has 1 unspecified atom stereocenters. The Kier molecular flexibility index (Phi) is 4.26. The van der Waals surface area contributed by atoms with Gasteiger partial charge in [0.15, 0.2) is 0 Å². The van der Waals surface area contributed by atoms with Crippen molar-refractivity contribution < 1.29 is 5.11 Å². The topological polar surface area (TPSA) is 61.6 Å². The lowest BCUT2D eigenvalue weighted by Crippen LogP contribution is -2.48. The molecule has 1 aromatic heterocycles. The van der Waals surface area contributed by atoms with E-state index in [1.165, 1.54) is 11.0 Å². The highest BCUT2D eigenvalue weighted by atomic mass is 16.3. The third-order valence-corrected chi connectivity index (χ3v) is 4.85. The van der Waals surface area contributed by atoms with E-state index < -0.39 is 0 Å². The third kappa shape index (κ3) is 2.96. The molecule has 0 saturated carbocycles. The number of aliphatic hydroxyl groups is 1. The van der Waals surface area contributed by atoms with E-state index in [4.69, 9.17) is 0 Å².